The van der Waals surface area contributed by atoms with Gasteiger partial charge in [0.1, 0.15) is 5.52 Å². The molecule has 1 aromatic heterocycles. The van der Waals surface area contributed by atoms with E-state index >= 15 is 0 Å². The Bertz CT molecular complexity index is 476. The zero-order valence-electron chi connectivity index (χ0n) is 8.36. The van der Waals surface area contributed by atoms with Crippen molar-refractivity contribution in [1.82, 2.24) is 4.98 Å². The van der Waals surface area contributed by atoms with Crippen molar-refractivity contribution in [2.24, 2.45) is 0 Å². The summed E-state index contributed by atoms with van der Waals surface area (Å²) in [7, 11) is 0. The molecule has 0 amide bonds. The third-order valence-electron chi connectivity index (χ3n) is 2.04. The molecular formula is C11H13N3O. The van der Waals surface area contributed by atoms with E-state index in [0.717, 1.165) is 24.1 Å². The third-order valence-corrected chi connectivity index (χ3v) is 2.04. The molecule has 0 aliphatic heterocycles. The van der Waals surface area contributed by atoms with Crippen molar-refractivity contribution >= 4 is 22.8 Å². The first kappa shape index (κ1) is 9.58. The average Bonchev–Trinajstić information content (AvgIpc) is 2.60. The molecule has 2 rings (SSSR count). The van der Waals surface area contributed by atoms with Crippen molar-refractivity contribution in [2.45, 2.75) is 6.42 Å². The Morgan fingerprint density at radius 2 is 2.40 bits per heavy atom. The summed E-state index contributed by atoms with van der Waals surface area (Å²) in [5.41, 5.74) is 7.84. The number of nitrogens with two attached hydrogens (primary N) is 1. The van der Waals surface area contributed by atoms with Gasteiger partial charge >= 0.3 is 0 Å². The smallest absolute Gasteiger partial charge is 0.295 e. The van der Waals surface area contributed by atoms with Gasteiger partial charge in [-0.15, -0.1) is 6.58 Å². The largest absolute Gasteiger partial charge is 0.424 e. The van der Waals surface area contributed by atoms with E-state index in [0.29, 0.717) is 11.7 Å². The molecule has 1 heterocycles. The Morgan fingerprint density at radius 1 is 1.53 bits per heavy atom. The van der Waals surface area contributed by atoms with E-state index < -0.39 is 0 Å². The van der Waals surface area contributed by atoms with Gasteiger partial charge < -0.3 is 15.5 Å². The summed E-state index contributed by atoms with van der Waals surface area (Å²) in [5.74, 6) is 0. The van der Waals surface area contributed by atoms with Gasteiger partial charge in [-0.2, -0.15) is 4.98 Å². The second-order valence-corrected chi connectivity index (χ2v) is 3.25. The van der Waals surface area contributed by atoms with Crippen molar-refractivity contribution in [2.75, 3.05) is 17.6 Å². The summed E-state index contributed by atoms with van der Waals surface area (Å²) in [5, 5.41) is 3.06. The summed E-state index contributed by atoms with van der Waals surface area (Å²) < 4.78 is 5.46. The van der Waals surface area contributed by atoms with Crippen molar-refractivity contribution in [3.05, 3.63) is 30.9 Å². The van der Waals surface area contributed by atoms with E-state index in [-0.39, 0.29) is 0 Å². The summed E-state index contributed by atoms with van der Waals surface area (Å²) in [4.78, 5) is 4.25. The van der Waals surface area contributed by atoms with Crippen LogP contribution in [0, 0.1) is 0 Å². The van der Waals surface area contributed by atoms with E-state index in [9.17, 15) is 0 Å². The van der Waals surface area contributed by atoms with E-state index in [1.165, 1.54) is 0 Å². The Labute approximate surface area is 87.8 Å². The van der Waals surface area contributed by atoms with Crippen LogP contribution in [0.5, 0.6) is 0 Å². The molecule has 78 valence electrons. The fourth-order valence-corrected chi connectivity index (χ4v) is 1.30. The number of rotatable bonds is 4. The molecular weight excluding hydrogens is 190 g/mol. The summed E-state index contributed by atoms with van der Waals surface area (Å²) >= 11 is 0. The standard InChI is InChI=1S/C11H13N3O/c1-2-3-6-13-11-14-9-7-8(12)4-5-10(9)15-11/h2,4-5,7H,1,3,6,12H2,(H,13,14). The molecule has 1 aromatic carbocycles. The summed E-state index contributed by atoms with van der Waals surface area (Å²) in [6.45, 7) is 4.41. The summed E-state index contributed by atoms with van der Waals surface area (Å²) in [6, 6.07) is 5.92. The van der Waals surface area contributed by atoms with Gasteiger partial charge in [0, 0.05) is 12.2 Å². The molecule has 0 unspecified atom stereocenters. The molecule has 3 N–H and O–H groups in total. The Balaban J connectivity index is 2.19. The number of fused-ring (bicyclic) bond motifs is 1. The molecule has 0 radical (unpaired) electrons. The Kier molecular flexibility index (Phi) is 2.58. The maximum Gasteiger partial charge on any atom is 0.295 e. The molecule has 0 bridgehead atoms. The number of nitrogen functional groups attached to an aromatic ring is 1. The number of nitrogens with one attached hydrogen (secondary N) is 1. The molecule has 4 heteroatoms. The molecule has 0 saturated heterocycles. The molecule has 0 saturated carbocycles. The molecule has 2 aromatic rings. The molecule has 0 aliphatic carbocycles. The lowest BCUT2D eigenvalue weighted by atomic mass is 10.3. The maximum absolute atomic E-state index is 5.64. The van der Waals surface area contributed by atoms with E-state index in [1.807, 2.05) is 12.1 Å². The normalized spacial score (nSPS) is 10.4. The van der Waals surface area contributed by atoms with Crippen molar-refractivity contribution < 1.29 is 4.42 Å². The molecule has 0 fully saturated rings. The monoisotopic (exact) mass is 203 g/mol. The predicted octanol–water partition coefficient (Wildman–Crippen LogP) is 2.40. The van der Waals surface area contributed by atoms with Gasteiger partial charge in [-0.1, -0.05) is 6.08 Å². The van der Waals surface area contributed by atoms with Crippen molar-refractivity contribution in [3.63, 3.8) is 0 Å². The number of benzene rings is 1. The van der Waals surface area contributed by atoms with Gasteiger partial charge in [-0.3, -0.25) is 0 Å². The maximum atomic E-state index is 5.64. The van der Waals surface area contributed by atoms with E-state index in [2.05, 4.69) is 16.9 Å². The van der Waals surface area contributed by atoms with Crippen LogP contribution in [0.2, 0.25) is 0 Å². The number of aromatic nitrogens is 1. The molecule has 0 aliphatic rings. The molecule has 15 heavy (non-hydrogen) atoms. The molecule has 0 atom stereocenters. The van der Waals surface area contributed by atoms with Gasteiger partial charge in [0.2, 0.25) is 0 Å². The minimum Gasteiger partial charge on any atom is -0.424 e. The van der Waals surface area contributed by atoms with Crippen LogP contribution >= 0.6 is 0 Å². The lowest BCUT2D eigenvalue weighted by Gasteiger charge is -1.95. The molecule has 0 spiro atoms. The predicted molar refractivity (Wildman–Crippen MR) is 61.7 cm³/mol. The highest BCUT2D eigenvalue weighted by atomic mass is 16.4. The highest BCUT2D eigenvalue weighted by molar-refractivity contribution is 5.78. The number of hydrogen-bond acceptors (Lipinski definition) is 4. The topological polar surface area (TPSA) is 64.1 Å². The quantitative estimate of drug-likeness (QED) is 0.455. The van der Waals surface area contributed by atoms with Crippen LogP contribution in [0.4, 0.5) is 11.7 Å². The van der Waals surface area contributed by atoms with Crippen LogP contribution in [0.1, 0.15) is 6.42 Å². The van der Waals surface area contributed by atoms with Crippen molar-refractivity contribution in [1.29, 1.82) is 0 Å². The van der Waals surface area contributed by atoms with Gasteiger partial charge in [-0.25, -0.2) is 0 Å². The highest BCUT2D eigenvalue weighted by Gasteiger charge is 2.04. The number of anilines is 2. The minimum absolute atomic E-state index is 0.525. The van der Waals surface area contributed by atoms with Gasteiger partial charge in [0.25, 0.3) is 6.01 Å². The van der Waals surface area contributed by atoms with Crippen LogP contribution in [0.3, 0.4) is 0 Å². The fraction of sp³-hybridized carbons (Fsp3) is 0.182. The van der Waals surface area contributed by atoms with Crippen LogP contribution in [0.15, 0.2) is 35.3 Å². The first-order valence-corrected chi connectivity index (χ1v) is 4.80. The van der Waals surface area contributed by atoms with Crippen molar-refractivity contribution in [3.8, 4) is 0 Å². The number of hydrogen-bond donors (Lipinski definition) is 2. The second-order valence-electron chi connectivity index (χ2n) is 3.25. The number of nitrogens with zero attached hydrogens (tertiary/aromatic N) is 1. The van der Waals surface area contributed by atoms with Gasteiger partial charge in [0.05, 0.1) is 0 Å². The van der Waals surface area contributed by atoms with Crippen LogP contribution < -0.4 is 11.1 Å². The van der Waals surface area contributed by atoms with Crippen LogP contribution in [-0.4, -0.2) is 11.5 Å². The minimum atomic E-state index is 0.525. The van der Waals surface area contributed by atoms with Crippen LogP contribution in [-0.2, 0) is 0 Å². The SMILES string of the molecule is C=CCCNc1nc2cc(N)ccc2o1. The molecule has 4 nitrogen and oxygen atoms in total. The van der Waals surface area contributed by atoms with Gasteiger partial charge in [0.15, 0.2) is 5.58 Å². The Hall–Kier alpha value is -1.97. The summed E-state index contributed by atoms with van der Waals surface area (Å²) in [6.07, 6.45) is 2.72. The van der Waals surface area contributed by atoms with Gasteiger partial charge in [-0.05, 0) is 24.6 Å². The third kappa shape index (κ3) is 2.10. The van der Waals surface area contributed by atoms with E-state index in [4.69, 9.17) is 10.2 Å². The highest BCUT2D eigenvalue weighted by Crippen LogP contribution is 2.20. The first-order valence-electron chi connectivity index (χ1n) is 4.80. The number of oxazole rings is 1. The second kappa shape index (κ2) is 4.04. The lowest BCUT2D eigenvalue weighted by Crippen LogP contribution is -1.99. The zero-order valence-corrected chi connectivity index (χ0v) is 8.36. The van der Waals surface area contributed by atoms with E-state index in [1.54, 1.807) is 12.1 Å². The van der Waals surface area contributed by atoms with Crippen LogP contribution in [0.25, 0.3) is 11.1 Å². The average molecular weight is 203 g/mol. The zero-order chi connectivity index (χ0) is 10.7. The fourth-order valence-electron chi connectivity index (χ4n) is 1.30. The Morgan fingerprint density at radius 3 is 3.20 bits per heavy atom. The lowest BCUT2D eigenvalue weighted by molar-refractivity contribution is 0.615. The first-order chi connectivity index (χ1) is 7.29.